The third-order valence-electron chi connectivity index (χ3n) is 3.00. The summed E-state index contributed by atoms with van der Waals surface area (Å²) in [6, 6.07) is 3.85. The van der Waals surface area contributed by atoms with Crippen molar-refractivity contribution < 1.29 is 4.74 Å². The first-order valence-corrected chi connectivity index (χ1v) is 7.14. The van der Waals surface area contributed by atoms with Crippen LogP contribution >= 0.6 is 12.6 Å². The van der Waals surface area contributed by atoms with E-state index in [9.17, 15) is 0 Å². The van der Waals surface area contributed by atoms with E-state index < -0.39 is 0 Å². The normalized spacial score (nSPS) is 14.2. The predicted octanol–water partition coefficient (Wildman–Crippen LogP) is 2.79. The van der Waals surface area contributed by atoms with Crippen molar-refractivity contribution in [2.24, 2.45) is 0 Å². The monoisotopic (exact) mass is 289 g/mol. The number of allylic oxidation sites excluding steroid dienone is 6. The van der Waals surface area contributed by atoms with Crippen molar-refractivity contribution >= 4 is 12.6 Å². The zero-order valence-corrected chi connectivity index (χ0v) is 12.8. The molecule has 0 unspecified atom stereocenters. The number of hydrogen-bond donors (Lipinski definition) is 1. The van der Waals surface area contributed by atoms with Gasteiger partial charge in [-0.3, -0.25) is 0 Å². The SMILES string of the molecule is CC1=CC(=C(C#N)C#N)C=C(C)N1CCOCCCS. The lowest BCUT2D eigenvalue weighted by Crippen LogP contribution is -2.26. The highest BCUT2D eigenvalue weighted by atomic mass is 32.1. The van der Waals surface area contributed by atoms with Crippen LogP contribution in [0.25, 0.3) is 0 Å². The fourth-order valence-electron chi connectivity index (χ4n) is 2.00. The number of nitriles is 2. The van der Waals surface area contributed by atoms with Gasteiger partial charge >= 0.3 is 0 Å². The molecule has 4 nitrogen and oxygen atoms in total. The molecule has 1 heterocycles. The molecule has 0 N–H and O–H groups in total. The van der Waals surface area contributed by atoms with E-state index in [0.29, 0.717) is 12.2 Å². The lowest BCUT2D eigenvalue weighted by atomic mass is 10.0. The molecule has 0 spiro atoms. The van der Waals surface area contributed by atoms with Crippen LogP contribution in [0.3, 0.4) is 0 Å². The van der Waals surface area contributed by atoms with E-state index in [1.807, 2.05) is 38.1 Å². The molecule has 0 amide bonds. The van der Waals surface area contributed by atoms with E-state index in [-0.39, 0.29) is 5.57 Å². The maximum absolute atomic E-state index is 8.91. The Balaban J connectivity index is 2.69. The van der Waals surface area contributed by atoms with Crippen LogP contribution in [-0.4, -0.2) is 30.4 Å². The summed E-state index contributed by atoms with van der Waals surface area (Å²) in [5, 5.41) is 17.8. The second-order valence-electron chi connectivity index (χ2n) is 4.47. The number of hydrogen-bond acceptors (Lipinski definition) is 5. The van der Waals surface area contributed by atoms with E-state index in [2.05, 4.69) is 17.5 Å². The Labute approximate surface area is 126 Å². The Morgan fingerprint density at radius 3 is 2.30 bits per heavy atom. The molecule has 0 saturated carbocycles. The fraction of sp³-hybridized carbons (Fsp3) is 0.467. The molecule has 0 saturated heterocycles. The van der Waals surface area contributed by atoms with Crippen molar-refractivity contribution in [1.29, 1.82) is 10.5 Å². The summed E-state index contributed by atoms with van der Waals surface area (Å²) in [6.45, 7) is 6.07. The van der Waals surface area contributed by atoms with Gasteiger partial charge in [0.15, 0.2) is 0 Å². The van der Waals surface area contributed by atoms with Crippen LogP contribution in [0.2, 0.25) is 0 Å². The molecular weight excluding hydrogens is 270 g/mol. The van der Waals surface area contributed by atoms with Gasteiger partial charge in [-0.15, -0.1) is 0 Å². The molecule has 20 heavy (non-hydrogen) atoms. The maximum atomic E-state index is 8.91. The highest BCUT2D eigenvalue weighted by Crippen LogP contribution is 2.24. The minimum atomic E-state index is 0.147. The zero-order chi connectivity index (χ0) is 15.0. The van der Waals surface area contributed by atoms with E-state index in [1.54, 1.807) is 0 Å². The van der Waals surface area contributed by atoms with Gasteiger partial charge in [0.25, 0.3) is 0 Å². The smallest absolute Gasteiger partial charge is 0.137 e. The minimum absolute atomic E-state index is 0.147. The van der Waals surface area contributed by atoms with E-state index >= 15 is 0 Å². The van der Waals surface area contributed by atoms with Gasteiger partial charge in [-0.25, -0.2) is 0 Å². The van der Waals surface area contributed by atoms with E-state index in [0.717, 1.165) is 36.7 Å². The van der Waals surface area contributed by atoms with Gasteiger partial charge < -0.3 is 9.64 Å². The summed E-state index contributed by atoms with van der Waals surface area (Å²) >= 11 is 4.13. The fourth-order valence-corrected chi connectivity index (χ4v) is 2.13. The van der Waals surface area contributed by atoms with Crippen molar-refractivity contribution in [2.75, 3.05) is 25.5 Å². The Hall–Kier alpha value is -1.69. The van der Waals surface area contributed by atoms with Gasteiger partial charge in [0.1, 0.15) is 17.7 Å². The molecule has 5 heteroatoms. The van der Waals surface area contributed by atoms with Gasteiger partial charge in [-0.05, 0) is 38.2 Å². The van der Waals surface area contributed by atoms with Crippen LogP contribution in [0.5, 0.6) is 0 Å². The summed E-state index contributed by atoms with van der Waals surface area (Å²) in [7, 11) is 0. The van der Waals surface area contributed by atoms with E-state index in [4.69, 9.17) is 15.3 Å². The molecule has 0 radical (unpaired) electrons. The molecule has 1 aliphatic rings. The number of ether oxygens (including phenoxy) is 1. The highest BCUT2D eigenvalue weighted by Gasteiger charge is 2.15. The molecule has 106 valence electrons. The molecule has 1 aliphatic heterocycles. The standard InChI is InChI=1S/C15H19N3OS/c1-12-8-14(15(10-16)11-17)9-13(2)18(12)4-6-19-5-3-7-20/h8-9,20H,3-7H2,1-2H3. The maximum Gasteiger partial charge on any atom is 0.137 e. The number of rotatable bonds is 6. The van der Waals surface area contributed by atoms with Gasteiger partial charge in [0, 0.05) is 30.1 Å². The Morgan fingerprint density at radius 2 is 1.80 bits per heavy atom. The van der Waals surface area contributed by atoms with Crippen LogP contribution < -0.4 is 0 Å². The summed E-state index contributed by atoms with van der Waals surface area (Å²) in [6.07, 6.45) is 4.68. The summed E-state index contributed by atoms with van der Waals surface area (Å²) in [4.78, 5) is 2.12. The number of thiol groups is 1. The summed E-state index contributed by atoms with van der Waals surface area (Å²) < 4.78 is 5.53. The highest BCUT2D eigenvalue weighted by molar-refractivity contribution is 7.80. The first-order chi connectivity index (χ1) is 9.63. The molecule has 0 atom stereocenters. The number of nitrogens with zero attached hydrogens (tertiary/aromatic N) is 3. The lowest BCUT2D eigenvalue weighted by Gasteiger charge is -2.29. The topological polar surface area (TPSA) is 60.0 Å². The predicted molar refractivity (Wildman–Crippen MR) is 81.8 cm³/mol. The Bertz CT molecular complexity index is 482. The summed E-state index contributed by atoms with van der Waals surface area (Å²) in [5.41, 5.74) is 2.85. The van der Waals surface area contributed by atoms with Crippen molar-refractivity contribution in [2.45, 2.75) is 20.3 Å². The largest absolute Gasteiger partial charge is 0.380 e. The van der Waals surface area contributed by atoms with Gasteiger partial charge in [-0.2, -0.15) is 23.2 Å². The quantitative estimate of drug-likeness (QED) is 0.464. The van der Waals surface area contributed by atoms with Gasteiger partial charge in [-0.1, -0.05) is 0 Å². The van der Waals surface area contributed by atoms with Crippen molar-refractivity contribution in [3.05, 3.63) is 34.7 Å². The molecule has 0 aromatic heterocycles. The van der Waals surface area contributed by atoms with Gasteiger partial charge in [0.05, 0.1) is 6.61 Å². The average Bonchev–Trinajstić information content (AvgIpc) is 2.42. The van der Waals surface area contributed by atoms with Crippen LogP contribution in [0.4, 0.5) is 0 Å². The molecule has 0 bridgehead atoms. The first-order valence-electron chi connectivity index (χ1n) is 6.51. The van der Waals surface area contributed by atoms with Crippen LogP contribution in [-0.2, 0) is 4.74 Å². The molecular formula is C15H19N3OS. The third-order valence-corrected chi connectivity index (χ3v) is 3.31. The molecule has 0 aromatic carbocycles. The van der Waals surface area contributed by atoms with Crippen LogP contribution in [0.1, 0.15) is 20.3 Å². The molecule has 1 rings (SSSR count). The van der Waals surface area contributed by atoms with Gasteiger partial charge in [0.2, 0.25) is 0 Å². The molecule has 0 aromatic rings. The lowest BCUT2D eigenvalue weighted by molar-refractivity contribution is 0.121. The van der Waals surface area contributed by atoms with Crippen molar-refractivity contribution in [3.8, 4) is 12.1 Å². The zero-order valence-electron chi connectivity index (χ0n) is 11.9. The van der Waals surface area contributed by atoms with Crippen LogP contribution in [0.15, 0.2) is 34.7 Å². The van der Waals surface area contributed by atoms with Crippen molar-refractivity contribution in [3.63, 3.8) is 0 Å². The molecule has 0 fully saturated rings. The second kappa shape index (κ2) is 8.47. The van der Waals surface area contributed by atoms with E-state index in [1.165, 1.54) is 0 Å². The minimum Gasteiger partial charge on any atom is -0.380 e. The third kappa shape index (κ3) is 4.45. The van der Waals surface area contributed by atoms with Crippen LogP contribution in [0, 0.1) is 22.7 Å². The average molecular weight is 289 g/mol. The second-order valence-corrected chi connectivity index (χ2v) is 4.91. The van der Waals surface area contributed by atoms with Crippen molar-refractivity contribution in [1.82, 2.24) is 4.90 Å². The Morgan fingerprint density at radius 1 is 1.20 bits per heavy atom. The molecule has 0 aliphatic carbocycles. The first kappa shape index (κ1) is 16.4. The summed E-state index contributed by atoms with van der Waals surface area (Å²) in [5.74, 6) is 0.834. The Kier molecular flexibility index (Phi) is 6.93.